The lowest BCUT2D eigenvalue weighted by Gasteiger charge is -2.26. The summed E-state index contributed by atoms with van der Waals surface area (Å²) in [4.78, 5) is 16.0. The van der Waals surface area contributed by atoms with Crippen molar-refractivity contribution in [1.29, 1.82) is 0 Å². The number of likely N-dealkylation sites (tertiary alicyclic amines) is 1. The average Bonchev–Trinajstić information content (AvgIpc) is 2.95. The molecule has 0 atom stereocenters. The second kappa shape index (κ2) is 8.05. The van der Waals surface area contributed by atoms with Crippen molar-refractivity contribution in [3.05, 3.63) is 21.9 Å². The van der Waals surface area contributed by atoms with Crippen molar-refractivity contribution in [3.8, 4) is 11.8 Å². The van der Waals surface area contributed by atoms with Gasteiger partial charge in [0.05, 0.1) is 16.3 Å². The van der Waals surface area contributed by atoms with Gasteiger partial charge in [-0.1, -0.05) is 18.3 Å². The third-order valence-electron chi connectivity index (χ3n) is 3.31. The zero-order valence-corrected chi connectivity index (χ0v) is 12.5. The molecule has 1 amide bonds. The highest BCUT2D eigenvalue weighted by Crippen LogP contribution is 2.15. The molecule has 1 aromatic rings. The van der Waals surface area contributed by atoms with Gasteiger partial charge >= 0.3 is 0 Å². The Kier molecular flexibility index (Phi) is 6.06. The molecule has 0 bridgehead atoms. The Bertz CT molecular complexity index is 495. The van der Waals surface area contributed by atoms with E-state index in [9.17, 15) is 4.79 Å². The number of carbonyl (C=O) groups excluding carboxylic acids is 1. The van der Waals surface area contributed by atoms with Crippen molar-refractivity contribution in [1.82, 2.24) is 10.2 Å². The largest absolute Gasteiger partial charge is 0.350 e. The maximum atomic E-state index is 12.0. The summed E-state index contributed by atoms with van der Waals surface area (Å²) in [6, 6.07) is 3.69. The summed E-state index contributed by atoms with van der Waals surface area (Å²) < 4.78 is 0. The summed E-state index contributed by atoms with van der Waals surface area (Å²) >= 11 is 1.41. The topological polar surface area (TPSA) is 58.4 Å². The second-order valence-electron chi connectivity index (χ2n) is 4.83. The van der Waals surface area contributed by atoms with Gasteiger partial charge in [-0.05, 0) is 38.1 Å². The number of nitrogens with one attached hydrogen (secondary N) is 1. The Morgan fingerprint density at radius 3 is 2.90 bits per heavy atom. The molecule has 3 N–H and O–H groups in total. The summed E-state index contributed by atoms with van der Waals surface area (Å²) in [6.45, 7) is 4.31. The molecule has 1 aliphatic heterocycles. The predicted octanol–water partition coefficient (Wildman–Crippen LogP) is 1.27. The number of carbonyl (C=O) groups is 1. The molecule has 20 heavy (non-hydrogen) atoms. The van der Waals surface area contributed by atoms with E-state index >= 15 is 0 Å². The van der Waals surface area contributed by atoms with Gasteiger partial charge in [-0.2, -0.15) is 0 Å². The molecule has 1 fully saturated rings. The Morgan fingerprint density at radius 2 is 2.15 bits per heavy atom. The zero-order valence-electron chi connectivity index (χ0n) is 11.7. The molecular formula is C15H21N3OS. The third-order valence-corrected chi connectivity index (χ3v) is 4.31. The van der Waals surface area contributed by atoms with Gasteiger partial charge in [-0.15, -0.1) is 11.3 Å². The number of thiophene rings is 1. The highest BCUT2D eigenvalue weighted by molar-refractivity contribution is 7.14. The van der Waals surface area contributed by atoms with E-state index in [1.165, 1.54) is 30.6 Å². The lowest BCUT2D eigenvalue weighted by atomic mass is 10.1. The molecule has 4 nitrogen and oxygen atoms in total. The average molecular weight is 291 g/mol. The van der Waals surface area contributed by atoms with Gasteiger partial charge in [0.15, 0.2) is 0 Å². The van der Waals surface area contributed by atoms with Gasteiger partial charge in [0.2, 0.25) is 0 Å². The Balaban J connectivity index is 1.75. The van der Waals surface area contributed by atoms with E-state index in [0.717, 1.165) is 24.5 Å². The molecule has 0 aromatic carbocycles. The van der Waals surface area contributed by atoms with Gasteiger partial charge in [-0.3, -0.25) is 4.79 Å². The van der Waals surface area contributed by atoms with Crippen LogP contribution >= 0.6 is 11.3 Å². The van der Waals surface area contributed by atoms with Gasteiger partial charge in [0.25, 0.3) is 5.91 Å². The monoisotopic (exact) mass is 291 g/mol. The summed E-state index contributed by atoms with van der Waals surface area (Å²) in [7, 11) is 0. The highest BCUT2D eigenvalue weighted by atomic mass is 32.1. The number of nitrogens with two attached hydrogens (primary N) is 1. The SMILES string of the molecule is NCC#Cc1ccc(C(=O)NCCN2CCCCC2)s1. The quantitative estimate of drug-likeness (QED) is 0.822. The van der Waals surface area contributed by atoms with Crippen LogP contribution in [-0.2, 0) is 0 Å². The minimum Gasteiger partial charge on any atom is -0.350 e. The molecule has 0 radical (unpaired) electrons. The standard InChI is InChI=1S/C15H21N3OS/c16-8-4-5-13-6-7-14(20-13)15(19)17-9-12-18-10-2-1-3-11-18/h6-7H,1-3,8-12,16H2,(H,17,19). The van der Waals surface area contributed by atoms with E-state index in [2.05, 4.69) is 22.1 Å². The van der Waals surface area contributed by atoms with E-state index in [0.29, 0.717) is 18.0 Å². The molecule has 1 aliphatic rings. The van der Waals surface area contributed by atoms with E-state index in [1.807, 2.05) is 12.1 Å². The van der Waals surface area contributed by atoms with E-state index in [-0.39, 0.29) is 5.91 Å². The first-order valence-electron chi connectivity index (χ1n) is 7.09. The van der Waals surface area contributed by atoms with Gasteiger partial charge in [0.1, 0.15) is 0 Å². The third kappa shape index (κ3) is 4.64. The molecule has 0 spiro atoms. The lowest BCUT2D eigenvalue weighted by molar-refractivity contribution is 0.0950. The van der Waals surface area contributed by atoms with Crippen LogP contribution in [0, 0.1) is 11.8 Å². The van der Waals surface area contributed by atoms with Crippen LogP contribution in [0.4, 0.5) is 0 Å². The molecule has 2 heterocycles. The van der Waals surface area contributed by atoms with Crippen LogP contribution in [-0.4, -0.2) is 43.5 Å². The van der Waals surface area contributed by atoms with Crippen LogP contribution in [0.15, 0.2) is 12.1 Å². The molecule has 0 aliphatic carbocycles. The normalized spacial score (nSPS) is 15.4. The molecule has 2 rings (SSSR count). The summed E-state index contributed by atoms with van der Waals surface area (Å²) in [5, 5.41) is 2.97. The summed E-state index contributed by atoms with van der Waals surface area (Å²) in [5.41, 5.74) is 5.33. The molecule has 5 heteroatoms. The van der Waals surface area contributed by atoms with Gasteiger partial charge in [-0.25, -0.2) is 0 Å². The van der Waals surface area contributed by atoms with Crippen molar-refractivity contribution in [2.45, 2.75) is 19.3 Å². The molecular weight excluding hydrogens is 270 g/mol. The molecule has 108 valence electrons. The minimum atomic E-state index is -0.00666. The first-order valence-corrected chi connectivity index (χ1v) is 7.90. The number of amides is 1. The Hall–Kier alpha value is -1.35. The molecule has 1 saturated heterocycles. The summed E-state index contributed by atoms with van der Waals surface area (Å²) in [5.74, 6) is 5.73. The van der Waals surface area contributed by atoms with Crippen molar-refractivity contribution >= 4 is 17.2 Å². The fourth-order valence-corrected chi connectivity index (χ4v) is 3.06. The smallest absolute Gasteiger partial charge is 0.261 e. The maximum Gasteiger partial charge on any atom is 0.261 e. The predicted molar refractivity (Wildman–Crippen MR) is 82.9 cm³/mol. The zero-order chi connectivity index (χ0) is 14.2. The van der Waals surface area contributed by atoms with Gasteiger partial charge in [0, 0.05) is 13.1 Å². The highest BCUT2D eigenvalue weighted by Gasteiger charge is 2.11. The van der Waals surface area contributed by atoms with Gasteiger partial charge < -0.3 is 16.0 Å². The van der Waals surface area contributed by atoms with Crippen LogP contribution in [0.3, 0.4) is 0 Å². The van der Waals surface area contributed by atoms with Crippen LogP contribution < -0.4 is 11.1 Å². The number of hydrogen-bond donors (Lipinski definition) is 2. The van der Waals surface area contributed by atoms with Crippen LogP contribution in [0.1, 0.15) is 33.8 Å². The second-order valence-corrected chi connectivity index (χ2v) is 5.91. The van der Waals surface area contributed by atoms with E-state index in [1.54, 1.807) is 0 Å². The molecule has 0 saturated carbocycles. The number of hydrogen-bond acceptors (Lipinski definition) is 4. The van der Waals surface area contributed by atoms with E-state index < -0.39 is 0 Å². The number of nitrogens with zero attached hydrogens (tertiary/aromatic N) is 1. The van der Waals surface area contributed by atoms with Crippen LogP contribution in [0.25, 0.3) is 0 Å². The fourth-order valence-electron chi connectivity index (χ4n) is 2.26. The van der Waals surface area contributed by atoms with Crippen molar-refractivity contribution in [2.75, 3.05) is 32.7 Å². The van der Waals surface area contributed by atoms with Crippen LogP contribution in [0.2, 0.25) is 0 Å². The van der Waals surface area contributed by atoms with Crippen molar-refractivity contribution in [2.24, 2.45) is 5.73 Å². The van der Waals surface area contributed by atoms with E-state index in [4.69, 9.17) is 5.73 Å². The first kappa shape index (κ1) is 15.0. The Morgan fingerprint density at radius 1 is 1.35 bits per heavy atom. The molecule has 0 unspecified atom stereocenters. The number of piperidine rings is 1. The first-order chi connectivity index (χ1) is 9.79. The van der Waals surface area contributed by atoms with Crippen LogP contribution in [0.5, 0.6) is 0 Å². The lowest BCUT2D eigenvalue weighted by Crippen LogP contribution is -2.37. The Labute approximate surface area is 124 Å². The minimum absolute atomic E-state index is 0.00666. The molecule has 1 aromatic heterocycles. The number of rotatable bonds is 4. The maximum absolute atomic E-state index is 12.0. The van der Waals surface area contributed by atoms with Crippen molar-refractivity contribution in [3.63, 3.8) is 0 Å². The fraction of sp³-hybridized carbons (Fsp3) is 0.533. The summed E-state index contributed by atoms with van der Waals surface area (Å²) in [6.07, 6.45) is 3.90. The van der Waals surface area contributed by atoms with Crippen molar-refractivity contribution < 1.29 is 4.79 Å².